The van der Waals surface area contributed by atoms with E-state index in [9.17, 15) is 9.18 Å². The zero-order chi connectivity index (χ0) is 10.2. The number of aromatic nitrogens is 1. The van der Waals surface area contributed by atoms with Crippen molar-refractivity contribution in [2.24, 2.45) is 0 Å². The lowest BCUT2D eigenvalue weighted by Crippen LogP contribution is -2.57. The highest BCUT2D eigenvalue weighted by Gasteiger charge is 2.39. The lowest BCUT2D eigenvalue weighted by atomic mass is 9.99. The summed E-state index contributed by atoms with van der Waals surface area (Å²) >= 11 is 0. The molecular formula is C10H11FN2O. The van der Waals surface area contributed by atoms with Crippen LogP contribution < -0.4 is 4.90 Å². The van der Waals surface area contributed by atoms with Crippen molar-refractivity contribution in [3.63, 3.8) is 0 Å². The van der Waals surface area contributed by atoms with Gasteiger partial charge in [-0.15, -0.1) is 0 Å². The number of nitrogens with zero attached hydrogens (tertiary/aromatic N) is 2. The molecule has 0 saturated carbocycles. The second kappa shape index (κ2) is 3.04. The molecule has 1 aliphatic heterocycles. The molecule has 1 saturated heterocycles. The smallest absolute Gasteiger partial charge is 0.151 e. The first-order chi connectivity index (χ1) is 6.61. The van der Waals surface area contributed by atoms with E-state index in [0.29, 0.717) is 18.7 Å². The Morgan fingerprint density at radius 3 is 2.71 bits per heavy atom. The molecule has 74 valence electrons. The predicted octanol–water partition coefficient (Wildman–Crippen LogP) is 1.44. The van der Waals surface area contributed by atoms with E-state index in [1.807, 2.05) is 4.90 Å². The van der Waals surface area contributed by atoms with Crippen molar-refractivity contribution in [1.82, 2.24) is 4.98 Å². The molecule has 0 amide bonds. The molecule has 3 nitrogen and oxygen atoms in total. The normalized spacial score (nSPS) is 18.9. The van der Waals surface area contributed by atoms with E-state index in [-0.39, 0.29) is 0 Å². The van der Waals surface area contributed by atoms with Crippen LogP contribution in [0.4, 0.5) is 10.2 Å². The second-order valence-corrected chi connectivity index (χ2v) is 3.84. The molecule has 0 radical (unpaired) electrons. The van der Waals surface area contributed by atoms with E-state index < -0.39 is 5.67 Å². The summed E-state index contributed by atoms with van der Waals surface area (Å²) in [5.41, 5.74) is -0.553. The molecule has 1 aromatic heterocycles. The van der Waals surface area contributed by atoms with Crippen LogP contribution in [0.5, 0.6) is 0 Å². The van der Waals surface area contributed by atoms with E-state index in [1.165, 1.54) is 6.20 Å². The molecule has 1 aliphatic rings. The van der Waals surface area contributed by atoms with Crippen molar-refractivity contribution in [3.05, 3.63) is 23.9 Å². The Labute approximate surface area is 81.6 Å². The van der Waals surface area contributed by atoms with Crippen molar-refractivity contribution in [3.8, 4) is 0 Å². The standard InChI is InChI=1S/C10H11FN2O/c1-10(11)6-13(7-10)9-3-2-8(5-14)4-12-9/h2-5H,6-7H2,1H3. The summed E-state index contributed by atoms with van der Waals surface area (Å²) in [5.74, 6) is 0.728. The van der Waals surface area contributed by atoms with Gasteiger partial charge in [0.15, 0.2) is 6.29 Å². The van der Waals surface area contributed by atoms with Crippen LogP contribution in [0.1, 0.15) is 17.3 Å². The monoisotopic (exact) mass is 194 g/mol. The third-order valence-corrected chi connectivity index (χ3v) is 2.27. The maximum atomic E-state index is 13.2. The SMILES string of the molecule is CC1(F)CN(c2ccc(C=O)cn2)C1. The minimum Gasteiger partial charge on any atom is -0.350 e. The average molecular weight is 194 g/mol. The van der Waals surface area contributed by atoms with Crippen molar-refractivity contribution >= 4 is 12.1 Å². The molecule has 2 heterocycles. The predicted molar refractivity (Wildman–Crippen MR) is 51.4 cm³/mol. The molecule has 0 unspecified atom stereocenters. The summed E-state index contributed by atoms with van der Waals surface area (Å²) in [6, 6.07) is 3.42. The van der Waals surface area contributed by atoms with Crippen LogP contribution in [0.2, 0.25) is 0 Å². The number of carbonyl (C=O) groups is 1. The van der Waals surface area contributed by atoms with Crippen LogP contribution in [0, 0.1) is 0 Å². The Morgan fingerprint density at radius 2 is 2.29 bits per heavy atom. The zero-order valence-corrected chi connectivity index (χ0v) is 7.90. The van der Waals surface area contributed by atoms with Gasteiger partial charge in [0.25, 0.3) is 0 Å². The van der Waals surface area contributed by atoms with Crippen LogP contribution in [0.3, 0.4) is 0 Å². The van der Waals surface area contributed by atoms with Crippen LogP contribution >= 0.6 is 0 Å². The van der Waals surface area contributed by atoms with Gasteiger partial charge in [-0.05, 0) is 19.1 Å². The fraction of sp³-hybridized carbons (Fsp3) is 0.400. The van der Waals surface area contributed by atoms with Gasteiger partial charge in [-0.3, -0.25) is 4.79 Å². The number of halogens is 1. The third-order valence-electron chi connectivity index (χ3n) is 2.27. The molecule has 0 N–H and O–H groups in total. The van der Waals surface area contributed by atoms with Gasteiger partial charge in [0.05, 0.1) is 13.1 Å². The summed E-state index contributed by atoms with van der Waals surface area (Å²) in [7, 11) is 0. The molecule has 0 atom stereocenters. The van der Waals surface area contributed by atoms with Crippen LogP contribution in [0.25, 0.3) is 0 Å². The highest BCUT2D eigenvalue weighted by Crippen LogP contribution is 2.28. The molecule has 0 bridgehead atoms. The number of carbonyl (C=O) groups excluding carboxylic acids is 1. The first-order valence-corrected chi connectivity index (χ1v) is 4.46. The van der Waals surface area contributed by atoms with Crippen molar-refractivity contribution in [2.45, 2.75) is 12.6 Å². The molecule has 0 aromatic carbocycles. The number of hydrogen-bond donors (Lipinski definition) is 0. The number of aldehydes is 1. The Balaban J connectivity index is 2.08. The van der Waals surface area contributed by atoms with Crippen LogP contribution in [-0.4, -0.2) is 30.0 Å². The number of hydrogen-bond acceptors (Lipinski definition) is 3. The molecule has 4 heteroatoms. The summed E-state index contributed by atoms with van der Waals surface area (Å²) < 4.78 is 13.2. The molecular weight excluding hydrogens is 183 g/mol. The Kier molecular flexibility index (Phi) is 1.98. The summed E-state index contributed by atoms with van der Waals surface area (Å²) in [4.78, 5) is 16.3. The van der Waals surface area contributed by atoms with Crippen molar-refractivity contribution < 1.29 is 9.18 Å². The van der Waals surface area contributed by atoms with Gasteiger partial charge >= 0.3 is 0 Å². The van der Waals surface area contributed by atoms with Gasteiger partial charge in [-0.2, -0.15) is 0 Å². The fourth-order valence-electron chi connectivity index (χ4n) is 1.57. The molecule has 14 heavy (non-hydrogen) atoms. The molecule has 1 aromatic rings. The van der Waals surface area contributed by atoms with E-state index >= 15 is 0 Å². The van der Waals surface area contributed by atoms with Gasteiger partial charge in [0.2, 0.25) is 0 Å². The zero-order valence-electron chi connectivity index (χ0n) is 7.90. The molecule has 0 aliphatic carbocycles. The number of alkyl halides is 1. The molecule has 2 rings (SSSR count). The van der Waals surface area contributed by atoms with Gasteiger partial charge in [-0.1, -0.05) is 0 Å². The minimum atomic E-state index is -1.09. The Morgan fingerprint density at radius 1 is 1.57 bits per heavy atom. The fourth-order valence-corrected chi connectivity index (χ4v) is 1.57. The lowest BCUT2D eigenvalue weighted by Gasteiger charge is -2.42. The minimum absolute atomic E-state index is 0.375. The van der Waals surface area contributed by atoms with Gasteiger partial charge in [0.1, 0.15) is 11.5 Å². The highest BCUT2D eigenvalue weighted by atomic mass is 19.1. The first kappa shape index (κ1) is 9.12. The number of pyridine rings is 1. The summed E-state index contributed by atoms with van der Waals surface area (Å²) in [6.07, 6.45) is 2.24. The maximum absolute atomic E-state index is 13.2. The van der Waals surface area contributed by atoms with Gasteiger partial charge in [-0.25, -0.2) is 9.37 Å². The quantitative estimate of drug-likeness (QED) is 0.668. The van der Waals surface area contributed by atoms with Crippen molar-refractivity contribution in [1.29, 1.82) is 0 Å². The van der Waals surface area contributed by atoms with Crippen LogP contribution in [-0.2, 0) is 0 Å². The van der Waals surface area contributed by atoms with Crippen LogP contribution in [0.15, 0.2) is 18.3 Å². The van der Waals surface area contributed by atoms with Gasteiger partial charge in [0, 0.05) is 11.8 Å². The largest absolute Gasteiger partial charge is 0.350 e. The van der Waals surface area contributed by atoms with Gasteiger partial charge < -0.3 is 4.90 Å². The summed E-state index contributed by atoms with van der Waals surface area (Å²) in [5, 5.41) is 0. The number of rotatable bonds is 2. The van der Waals surface area contributed by atoms with E-state index in [2.05, 4.69) is 4.98 Å². The van der Waals surface area contributed by atoms with E-state index in [4.69, 9.17) is 0 Å². The third kappa shape index (κ3) is 1.60. The topological polar surface area (TPSA) is 33.2 Å². The molecule has 0 spiro atoms. The van der Waals surface area contributed by atoms with Crippen molar-refractivity contribution in [2.75, 3.05) is 18.0 Å². The number of anilines is 1. The van der Waals surface area contributed by atoms with E-state index in [1.54, 1.807) is 19.1 Å². The second-order valence-electron chi connectivity index (χ2n) is 3.84. The first-order valence-electron chi connectivity index (χ1n) is 4.46. The maximum Gasteiger partial charge on any atom is 0.151 e. The highest BCUT2D eigenvalue weighted by molar-refractivity contribution is 5.74. The van der Waals surface area contributed by atoms with E-state index in [0.717, 1.165) is 12.1 Å². The average Bonchev–Trinajstić information content (AvgIpc) is 2.14. The lowest BCUT2D eigenvalue weighted by molar-refractivity contribution is 0.112. The summed E-state index contributed by atoms with van der Waals surface area (Å²) in [6.45, 7) is 2.32. The molecule has 1 fully saturated rings. The Hall–Kier alpha value is -1.45. The Bertz CT molecular complexity index is 340.